The molecule has 5 nitrogen and oxygen atoms in total. The van der Waals surface area contributed by atoms with Gasteiger partial charge in [-0.1, -0.05) is 29.8 Å². The van der Waals surface area contributed by atoms with Crippen LogP contribution in [-0.2, 0) is 19.5 Å². The number of hydrogen-bond acceptors (Lipinski definition) is 4. The summed E-state index contributed by atoms with van der Waals surface area (Å²) in [6, 6.07) is 7.30. The highest BCUT2D eigenvalue weighted by Crippen LogP contribution is 2.67. The molecule has 0 bridgehead atoms. The molecule has 2 saturated carbocycles. The Kier molecular flexibility index (Phi) is 4.68. The minimum absolute atomic E-state index is 0.0315. The van der Waals surface area contributed by atoms with Crippen LogP contribution in [0.4, 0.5) is 0 Å². The first kappa shape index (κ1) is 22.3. The van der Waals surface area contributed by atoms with Crippen molar-refractivity contribution >= 4 is 10.0 Å². The monoisotopic (exact) mass is 471 g/mol. The number of rotatable bonds is 4. The van der Waals surface area contributed by atoms with E-state index in [1.54, 1.807) is 12.1 Å². The van der Waals surface area contributed by atoms with E-state index in [1.807, 2.05) is 23.4 Å². The normalized spacial score (nSPS) is 48.2. The lowest BCUT2D eigenvalue weighted by atomic mass is 9.55. The Balaban J connectivity index is 1.31. The molecule has 0 radical (unpaired) electrons. The smallest absolute Gasteiger partial charge is 0.243 e. The van der Waals surface area contributed by atoms with Gasteiger partial charge in [0.25, 0.3) is 0 Å². The second kappa shape index (κ2) is 6.93. The van der Waals surface area contributed by atoms with Gasteiger partial charge in [0.15, 0.2) is 0 Å². The third kappa shape index (κ3) is 3.17. The van der Waals surface area contributed by atoms with Crippen LogP contribution in [0.3, 0.4) is 0 Å². The van der Waals surface area contributed by atoms with E-state index in [2.05, 4.69) is 27.4 Å². The summed E-state index contributed by atoms with van der Waals surface area (Å²) in [7, 11) is -3.48. The van der Waals surface area contributed by atoms with E-state index in [4.69, 9.17) is 9.47 Å². The summed E-state index contributed by atoms with van der Waals surface area (Å²) >= 11 is 0. The van der Waals surface area contributed by atoms with E-state index in [-0.39, 0.29) is 28.9 Å². The van der Waals surface area contributed by atoms with Gasteiger partial charge in [-0.05, 0) is 96.1 Å². The predicted molar refractivity (Wildman–Crippen MR) is 127 cm³/mol. The van der Waals surface area contributed by atoms with Gasteiger partial charge in [0.05, 0.1) is 33.8 Å². The van der Waals surface area contributed by atoms with Crippen LogP contribution in [-0.4, -0.2) is 48.2 Å². The quantitative estimate of drug-likeness (QED) is 0.465. The number of ether oxygens (including phenoxy) is 2. The number of epoxide rings is 1. The van der Waals surface area contributed by atoms with E-state index in [9.17, 15) is 8.42 Å². The topological polar surface area (TPSA) is 58.9 Å². The number of sulfonamides is 1. The van der Waals surface area contributed by atoms with Gasteiger partial charge in [0.1, 0.15) is 0 Å². The third-order valence-electron chi connectivity index (χ3n) is 9.82. The fourth-order valence-electron chi connectivity index (χ4n) is 7.76. The molecule has 180 valence electrons. The Hall–Kier alpha value is -1.21. The Bertz CT molecular complexity index is 1100. The van der Waals surface area contributed by atoms with Crippen LogP contribution in [0.15, 0.2) is 41.3 Å². The van der Waals surface area contributed by atoms with Crippen molar-refractivity contribution in [3.63, 3.8) is 0 Å². The predicted octanol–water partition coefficient (Wildman–Crippen LogP) is 4.85. The lowest BCUT2D eigenvalue weighted by molar-refractivity contribution is -0.108. The number of hydrogen-bond donors (Lipinski definition) is 0. The molecule has 3 heterocycles. The SMILES string of the molecule is C=C(C)[C@@H]1CC[C@](C)([C@H]2CC[C@@]3(CN3S(=O)(=O)c3ccc(C)cc3)[C@H]3CC[C@@]4(C)O[C@H]4[C@@H]32)O1. The molecule has 5 aliphatic rings. The van der Waals surface area contributed by atoms with E-state index in [0.29, 0.717) is 29.2 Å². The van der Waals surface area contributed by atoms with Crippen molar-refractivity contribution in [3.8, 4) is 0 Å². The number of aryl methyl sites for hydroxylation is 1. The van der Waals surface area contributed by atoms with Crippen molar-refractivity contribution in [2.75, 3.05) is 6.54 Å². The molecule has 5 fully saturated rings. The molecule has 1 aromatic rings. The first-order chi connectivity index (χ1) is 15.5. The largest absolute Gasteiger partial charge is 0.367 e. The molecule has 0 amide bonds. The van der Waals surface area contributed by atoms with Crippen molar-refractivity contribution < 1.29 is 17.9 Å². The molecule has 3 saturated heterocycles. The van der Waals surface area contributed by atoms with Crippen molar-refractivity contribution in [3.05, 3.63) is 42.0 Å². The average molecular weight is 472 g/mol. The summed E-state index contributed by atoms with van der Waals surface area (Å²) in [5.74, 6) is 1.08. The molecule has 1 aromatic carbocycles. The molecule has 0 N–H and O–H groups in total. The zero-order valence-electron chi connectivity index (χ0n) is 20.3. The Morgan fingerprint density at radius 2 is 1.67 bits per heavy atom. The maximum Gasteiger partial charge on any atom is 0.243 e. The lowest BCUT2D eigenvalue weighted by Crippen LogP contribution is -2.55. The molecular weight excluding hydrogens is 434 g/mol. The van der Waals surface area contributed by atoms with Gasteiger partial charge < -0.3 is 9.47 Å². The maximum atomic E-state index is 13.6. The first-order valence-corrected chi connectivity index (χ1v) is 14.0. The molecule has 2 aliphatic carbocycles. The zero-order valence-corrected chi connectivity index (χ0v) is 21.2. The Morgan fingerprint density at radius 1 is 1.00 bits per heavy atom. The average Bonchev–Trinajstić information content (AvgIpc) is 3.62. The summed E-state index contributed by atoms with van der Waals surface area (Å²) in [6.07, 6.45) is 6.42. The van der Waals surface area contributed by atoms with E-state index >= 15 is 0 Å². The Labute approximate surface area is 198 Å². The van der Waals surface area contributed by atoms with Crippen LogP contribution < -0.4 is 0 Å². The second-order valence-electron chi connectivity index (χ2n) is 12.0. The summed E-state index contributed by atoms with van der Waals surface area (Å²) in [5, 5.41) is 0. The fourth-order valence-corrected chi connectivity index (χ4v) is 9.60. The van der Waals surface area contributed by atoms with Crippen molar-refractivity contribution in [1.82, 2.24) is 4.31 Å². The van der Waals surface area contributed by atoms with Crippen LogP contribution in [0.1, 0.15) is 64.9 Å². The third-order valence-corrected chi connectivity index (χ3v) is 11.8. The zero-order chi connectivity index (χ0) is 23.4. The van der Waals surface area contributed by atoms with Crippen molar-refractivity contribution in [1.29, 1.82) is 0 Å². The highest BCUT2D eigenvalue weighted by atomic mass is 32.2. The first-order valence-electron chi connectivity index (χ1n) is 12.6. The number of nitrogens with zero attached hydrogens (tertiary/aromatic N) is 1. The van der Waals surface area contributed by atoms with Crippen LogP contribution in [0.25, 0.3) is 0 Å². The van der Waals surface area contributed by atoms with Crippen LogP contribution in [0.5, 0.6) is 0 Å². The summed E-state index contributed by atoms with van der Waals surface area (Å²) in [5.41, 5.74) is 1.71. The number of benzene rings is 1. The molecule has 6 rings (SSSR count). The van der Waals surface area contributed by atoms with E-state index < -0.39 is 10.0 Å². The molecular formula is C27H37NO4S. The Morgan fingerprint density at radius 3 is 2.33 bits per heavy atom. The molecule has 33 heavy (non-hydrogen) atoms. The fraction of sp³-hybridized carbons (Fsp3) is 0.704. The molecule has 9 atom stereocenters. The van der Waals surface area contributed by atoms with Gasteiger partial charge in [-0.15, -0.1) is 0 Å². The molecule has 0 aromatic heterocycles. The van der Waals surface area contributed by atoms with Crippen molar-refractivity contribution in [2.45, 2.75) is 100 Å². The summed E-state index contributed by atoms with van der Waals surface area (Å²) in [6.45, 7) is 13.4. The van der Waals surface area contributed by atoms with Crippen LogP contribution in [0, 0.1) is 24.7 Å². The summed E-state index contributed by atoms with van der Waals surface area (Å²) < 4.78 is 42.0. The highest BCUT2D eigenvalue weighted by Gasteiger charge is 2.74. The van der Waals surface area contributed by atoms with Gasteiger partial charge >= 0.3 is 0 Å². The minimum atomic E-state index is -3.48. The maximum absolute atomic E-state index is 13.6. The molecule has 6 heteroatoms. The molecule has 1 unspecified atom stereocenters. The van der Waals surface area contributed by atoms with Gasteiger partial charge in [-0.3, -0.25) is 0 Å². The minimum Gasteiger partial charge on any atom is -0.367 e. The molecule has 3 aliphatic heterocycles. The standard InChI is InChI=1S/C27H37NO4S/c1-17(2)22-12-14-25(4,31-22)20-11-15-27(21-10-13-26(5)24(32-26)23(20)21)16-28(27)33(29,30)19-8-6-18(3)7-9-19/h6-9,20-24H,1,10-16H2,2-5H3/t20-,21-,22-,23+,24-,25+,26+,27+,28?/m0/s1. The molecule has 1 spiro atoms. The van der Waals surface area contributed by atoms with Gasteiger partial charge in [0.2, 0.25) is 10.0 Å². The van der Waals surface area contributed by atoms with Crippen LogP contribution >= 0.6 is 0 Å². The second-order valence-corrected chi connectivity index (χ2v) is 13.8. The van der Waals surface area contributed by atoms with Gasteiger partial charge in [0, 0.05) is 6.54 Å². The van der Waals surface area contributed by atoms with Crippen LogP contribution in [0.2, 0.25) is 0 Å². The van der Waals surface area contributed by atoms with E-state index in [0.717, 1.165) is 49.7 Å². The van der Waals surface area contributed by atoms with Gasteiger partial charge in [-0.2, -0.15) is 4.31 Å². The van der Waals surface area contributed by atoms with E-state index in [1.165, 1.54) is 0 Å². The van der Waals surface area contributed by atoms with Crippen molar-refractivity contribution in [2.24, 2.45) is 17.8 Å². The highest BCUT2D eigenvalue weighted by molar-refractivity contribution is 7.89. The lowest BCUT2D eigenvalue weighted by Gasteiger charge is -2.51. The summed E-state index contributed by atoms with van der Waals surface area (Å²) in [4.78, 5) is 0.419. The van der Waals surface area contributed by atoms with Gasteiger partial charge in [-0.25, -0.2) is 8.42 Å². The number of fused-ring (bicyclic) bond motifs is 4.